The Morgan fingerprint density at radius 1 is 1.31 bits per heavy atom. The molecule has 0 rings (SSSR count). The standard InChI is InChI=1S/C7H10O6/c1-4(8)13-5(7(11)12)2-3-6(9)10/h5H,2-3H2,1H3,(H,9,10)(H,11,12)/t5-/m0/s1. The normalized spacial score (nSPS) is 11.8. The first-order valence-electron chi connectivity index (χ1n) is 3.55. The summed E-state index contributed by atoms with van der Waals surface area (Å²) < 4.78 is 4.36. The summed E-state index contributed by atoms with van der Waals surface area (Å²) >= 11 is 0. The molecule has 0 aliphatic rings. The highest BCUT2D eigenvalue weighted by molar-refractivity contribution is 5.77. The van der Waals surface area contributed by atoms with E-state index in [9.17, 15) is 14.4 Å². The predicted octanol–water partition coefficient (Wildman–Crippen LogP) is -0.132. The molecule has 0 saturated heterocycles. The first-order chi connectivity index (χ1) is 5.93. The van der Waals surface area contributed by atoms with Crippen LogP contribution in [0.25, 0.3) is 0 Å². The largest absolute Gasteiger partial charge is 0.481 e. The number of hydrogen-bond acceptors (Lipinski definition) is 4. The molecule has 0 saturated carbocycles. The first-order valence-corrected chi connectivity index (χ1v) is 3.55. The van der Waals surface area contributed by atoms with Crippen molar-refractivity contribution in [3.05, 3.63) is 0 Å². The van der Waals surface area contributed by atoms with Gasteiger partial charge in [0.2, 0.25) is 0 Å². The van der Waals surface area contributed by atoms with Crippen LogP contribution in [0.4, 0.5) is 0 Å². The van der Waals surface area contributed by atoms with Crippen LogP contribution in [0, 0.1) is 0 Å². The Morgan fingerprint density at radius 2 is 1.85 bits per heavy atom. The SMILES string of the molecule is CC(=O)O[C@@H](CCC(=O)O)C(=O)O. The van der Waals surface area contributed by atoms with Gasteiger partial charge in [-0.15, -0.1) is 0 Å². The lowest BCUT2D eigenvalue weighted by Crippen LogP contribution is -2.26. The van der Waals surface area contributed by atoms with E-state index in [2.05, 4.69) is 4.74 Å². The number of aliphatic carboxylic acids is 2. The van der Waals surface area contributed by atoms with E-state index in [0.29, 0.717) is 0 Å². The molecule has 0 fully saturated rings. The molecule has 0 aromatic heterocycles. The molecule has 0 unspecified atom stereocenters. The van der Waals surface area contributed by atoms with Crippen LogP contribution in [0.15, 0.2) is 0 Å². The minimum absolute atomic E-state index is 0.218. The Hall–Kier alpha value is -1.59. The minimum atomic E-state index is -1.37. The number of carbonyl (C=O) groups excluding carboxylic acids is 1. The maximum absolute atomic E-state index is 10.4. The Balaban J connectivity index is 4.02. The molecule has 1 atom stereocenters. The third-order valence-electron chi connectivity index (χ3n) is 1.20. The maximum atomic E-state index is 10.4. The van der Waals surface area contributed by atoms with Crippen LogP contribution in [-0.4, -0.2) is 34.2 Å². The van der Waals surface area contributed by atoms with Gasteiger partial charge < -0.3 is 14.9 Å². The summed E-state index contributed by atoms with van der Waals surface area (Å²) in [6.07, 6.45) is -1.93. The highest BCUT2D eigenvalue weighted by atomic mass is 16.6. The Kier molecular flexibility index (Phi) is 4.50. The van der Waals surface area contributed by atoms with Gasteiger partial charge in [-0.3, -0.25) is 9.59 Å². The Bertz CT molecular complexity index is 221. The Labute approximate surface area is 74.1 Å². The van der Waals surface area contributed by atoms with Crippen molar-refractivity contribution in [2.24, 2.45) is 0 Å². The number of carbonyl (C=O) groups is 3. The summed E-state index contributed by atoms with van der Waals surface area (Å²) in [5, 5.41) is 16.7. The molecule has 0 amide bonds. The lowest BCUT2D eigenvalue weighted by Gasteiger charge is -2.10. The van der Waals surface area contributed by atoms with Gasteiger partial charge in [-0.1, -0.05) is 0 Å². The number of hydrogen-bond donors (Lipinski definition) is 2. The second kappa shape index (κ2) is 5.13. The molecule has 6 heteroatoms. The summed E-state index contributed by atoms with van der Waals surface area (Å²) in [6, 6.07) is 0. The summed E-state index contributed by atoms with van der Waals surface area (Å²) in [5.74, 6) is -3.20. The number of esters is 1. The van der Waals surface area contributed by atoms with E-state index in [1.165, 1.54) is 0 Å². The van der Waals surface area contributed by atoms with E-state index in [0.717, 1.165) is 6.92 Å². The van der Waals surface area contributed by atoms with E-state index in [1.807, 2.05) is 0 Å². The van der Waals surface area contributed by atoms with Gasteiger partial charge in [0.05, 0.1) is 0 Å². The molecular weight excluding hydrogens is 180 g/mol. The summed E-state index contributed by atoms with van der Waals surface area (Å²) in [5.41, 5.74) is 0. The number of carboxylic acids is 2. The van der Waals surface area contributed by atoms with Crippen molar-refractivity contribution >= 4 is 17.9 Å². The lowest BCUT2D eigenvalue weighted by atomic mass is 10.2. The number of carboxylic acid groups (broad SMARTS) is 2. The van der Waals surface area contributed by atoms with Gasteiger partial charge in [0.15, 0.2) is 6.10 Å². The monoisotopic (exact) mass is 190 g/mol. The van der Waals surface area contributed by atoms with Crippen molar-refractivity contribution in [3.63, 3.8) is 0 Å². The molecule has 0 spiro atoms. The second-order valence-corrected chi connectivity index (χ2v) is 2.37. The summed E-state index contributed by atoms with van der Waals surface area (Å²) in [7, 11) is 0. The van der Waals surface area contributed by atoms with Crippen molar-refractivity contribution in [2.75, 3.05) is 0 Å². The molecule has 0 aromatic carbocycles. The van der Waals surface area contributed by atoms with Crippen LogP contribution in [0.1, 0.15) is 19.8 Å². The molecule has 0 aromatic rings. The average molecular weight is 190 g/mol. The number of rotatable bonds is 5. The van der Waals surface area contributed by atoms with Gasteiger partial charge >= 0.3 is 17.9 Å². The van der Waals surface area contributed by atoms with Crippen LogP contribution in [0.2, 0.25) is 0 Å². The van der Waals surface area contributed by atoms with Crippen molar-refractivity contribution in [1.29, 1.82) is 0 Å². The smallest absolute Gasteiger partial charge is 0.345 e. The van der Waals surface area contributed by atoms with Crippen molar-refractivity contribution in [2.45, 2.75) is 25.9 Å². The van der Waals surface area contributed by atoms with Crippen LogP contribution >= 0.6 is 0 Å². The third-order valence-corrected chi connectivity index (χ3v) is 1.20. The van der Waals surface area contributed by atoms with Crippen molar-refractivity contribution in [1.82, 2.24) is 0 Å². The van der Waals surface area contributed by atoms with E-state index < -0.39 is 24.0 Å². The van der Waals surface area contributed by atoms with E-state index in [4.69, 9.17) is 10.2 Å². The van der Waals surface area contributed by atoms with E-state index in [-0.39, 0.29) is 12.8 Å². The van der Waals surface area contributed by atoms with Crippen molar-refractivity contribution < 1.29 is 29.3 Å². The van der Waals surface area contributed by atoms with Crippen molar-refractivity contribution in [3.8, 4) is 0 Å². The molecule has 2 N–H and O–H groups in total. The minimum Gasteiger partial charge on any atom is -0.481 e. The van der Waals surface area contributed by atoms with Gasteiger partial charge in [0.25, 0.3) is 0 Å². The fourth-order valence-electron chi connectivity index (χ4n) is 0.688. The molecule has 6 nitrogen and oxygen atoms in total. The number of ether oxygens (including phenoxy) is 1. The fraction of sp³-hybridized carbons (Fsp3) is 0.571. The molecule has 0 aliphatic heterocycles. The van der Waals surface area contributed by atoms with Gasteiger partial charge in [0.1, 0.15) is 0 Å². The Morgan fingerprint density at radius 3 is 2.15 bits per heavy atom. The zero-order chi connectivity index (χ0) is 10.4. The average Bonchev–Trinajstić information content (AvgIpc) is 1.96. The fourth-order valence-corrected chi connectivity index (χ4v) is 0.688. The quantitative estimate of drug-likeness (QED) is 0.585. The molecule has 74 valence electrons. The predicted molar refractivity (Wildman–Crippen MR) is 40.1 cm³/mol. The summed E-state index contributed by atoms with van der Waals surface area (Å²) in [4.78, 5) is 30.8. The molecule has 0 heterocycles. The zero-order valence-electron chi connectivity index (χ0n) is 7.02. The molecule has 0 bridgehead atoms. The van der Waals surface area contributed by atoms with E-state index >= 15 is 0 Å². The maximum Gasteiger partial charge on any atom is 0.345 e. The van der Waals surface area contributed by atoms with Gasteiger partial charge in [0, 0.05) is 19.8 Å². The van der Waals surface area contributed by atoms with Gasteiger partial charge in [-0.2, -0.15) is 0 Å². The second-order valence-electron chi connectivity index (χ2n) is 2.37. The van der Waals surface area contributed by atoms with E-state index in [1.54, 1.807) is 0 Å². The van der Waals surface area contributed by atoms with Gasteiger partial charge in [-0.25, -0.2) is 4.79 Å². The first kappa shape index (κ1) is 11.4. The zero-order valence-corrected chi connectivity index (χ0v) is 7.02. The molecule has 13 heavy (non-hydrogen) atoms. The highest BCUT2D eigenvalue weighted by Crippen LogP contribution is 2.03. The molecule has 0 aliphatic carbocycles. The third kappa shape index (κ3) is 5.66. The van der Waals surface area contributed by atoms with Gasteiger partial charge in [-0.05, 0) is 0 Å². The lowest BCUT2D eigenvalue weighted by molar-refractivity contribution is -0.163. The molecule has 0 radical (unpaired) electrons. The highest BCUT2D eigenvalue weighted by Gasteiger charge is 2.21. The summed E-state index contributed by atoms with van der Waals surface area (Å²) in [6.45, 7) is 1.07. The van der Waals surface area contributed by atoms with Crippen LogP contribution < -0.4 is 0 Å². The topological polar surface area (TPSA) is 101 Å². The van der Waals surface area contributed by atoms with Crippen LogP contribution in [0.5, 0.6) is 0 Å². The molecular formula is C7H10O6. The van der Waals surface area contributed by atoms with Crippen LogP contribution in [0.3, 0.4) is 0 Å². The van der Waals surface area contributed by atoms with Crippen LogP contribution in [-0.2, 0) is 19.1 Å².